The molecule has 1 aliphatic heterocycles. The summed E-state index contributed by atoms with van der Waals surface area (Å²) in [5, 5.41) is 17.8. The number of ether oxygens (including phenoxy) is 1. The van der Waals surface area contributed by atoms with Gasteiger partial charge in [-0.1, -0.05) is 19.1 Å². The zero-order valence-electron chi connectivity index (χ0n) is 7.93. The van der Waals surface area contributed by atoms with Gasteiger partial charge in [0.05, 0.1) is 6.10 Å². The highest BCUT2D eigenvalue weighted by Gasteiger charge is 2.54. The van der Waals surface area contributed by atoms with E-state index in [1.807, 2.05) is 0 Å². The van der Waals surface area contributed by atoms with Gasteiger partial charge >= 0.3 is 11.9 Å². The summed E-state index contributed by atoms with van der Waals surface area (Å²) in [5.74, 6) is -3.61. The average Bonchev–Trinajstić information content (AvgIpc) is 2.08. The fourth-order valence-corrected chi connectivity index (χ4v) is 1.48. The van der Waals surface area contributed by atoms with E-state index in [1.165, 1.54) is 6.92 Å². The maximum Gasteiger partial charge on any atom is 0.348 e. The van der Waals surface area contributed by atoms with E-state index in [-0.39, 0.29) is 0 Å². The normalized spacial score (nSPS) is 29.9. The molecule has 0 aromatic heterocycles. The van der Waals surface area contributed by atoms with E-state index in [0.717, 1.165) is 0 Å². The highest BCUT2D eigenvalue weighted by atomic mass is 16.6. The van der Waals surface area contributed by atoms with Gasteiger partial charge in [-0.3, -0.25) is 0 Å². The summed E-state index contributed by atoms with van der Waals surface area (Å²) in [6, 6.07) is 0. The minimum Gasteiger partial charge on any atom is -0.479 e. The zero-order valence-corrected chi connectivity index (χ0v) is 7.93. The molecule has 0 aliphatic carbocycles. The maximum atomic E-state index is 10.9. The first kappa shape index (κ1) is 10.7. The number of carbonyl (C=O) groups is 2. The standard InChI is InChI=1S/C9H12O5/c1-5-3-4-6(2)14-9(5,7(10)11)8(12)13/h3-6H,1-2H3,(H,10,11)(H,12,13). The van der Waals surface area contributed by atoms with Crippen molar-refractivity contribution in [2.75, 3.05) is 0 Å². The Labute approximate surface area is 81.0 Å². The number of rotatable bonds is 2. The number of hydrogen-bond acceptors (Lipinski definition) is 3. The number of hydrogen-bond donors (Lipinski definition) is 2. The van der Waals surface area contributed by atoms with Gasteiger partial charge in [0.2, 0.25) is 0 Å². The third kappa shape index (κ3) is 1.39. The van der Waals surface area contributed by atoms with Crippen molar-refractivity contribution in [3.05, 3.63) is 12.2 Å². The third-order valence-corrected chi connectivity index (χ3v) is 2.32. The molecule has 14 heavy (non-hydrogen) atoms. The van der Waals surface area contributed by atoms with E-state index in [1.54, 1.807) is 19.1 Å². The molecule has 5 nitrogen and oxygen atoms in total. The highest BCUT2D eigenvalue weighted by molar-refractivity contribution is 6.02. The largest absolute Gasteiger partial charge is 0.479 e. The Morgan fingerprint density at radius 1 is 1.21 bits per heavy atom. The highest BCUT2D eigenvalue weighted by Crippen LogP contribution is 2.30. The van der Waals surface area contributed by atoms with Crippen LogP contribution in [0.2, 0.25) is 0 Å². The predicted octanol–water partition coefficient (Wildman–Crippen LogP) is 0.505. The van der Waals surface area contributed by atoms with Crippen LogP contribution in [0, 0.1) is 5.92 Å². The Balaban J connectivity index is 3.16. The van der Waals surface area contributed by atoms with E-state index in [9.17, 15) is 9.59 Å². The summed E-state index contributed by atoms with van der Waals surface area (Å²) in [6.07, 6.45) is 2.70. The summed E-state index contributed by atoms with van der Waals surface area (Å²) in [4.78, 5) is 21.9. The Hall–Kier alpha value is -1.36. The van der Waals surface area contributed by atoms with Crippen LogP contribution in [-0.2, 0) is 14.3 Å². The second-order valence-electron chi connectivity index (χ2n) is 3.34. The van der Waals surface area contributed by atoms with Crippen LogP contribution in [-0.4, -0.2) is 33.9 Å². The van der Waals surface area contributed by atoms with Crippen molar-refractivity contribution in [1.82, 2.24) is 0 Å². The van der Waals surface area contributed by atoms with Crippen LogP contribution in [0.4, 0.5) is 0 Å². The summed E-state index contributed by atoms with van der Waals surface area (Å²) >= 11 is 0. The second-order valence-corrected chi connectivity index (χ2v) is 3.34. The maximum absolute atomic E-state index is 10.9. The van der Waals surface area contributed by atoms with Gasteiger partial charge in [-0.25, -0.2) is 9.59 Å². The van der Waals surface area contributed by atoms with Crippen LogP contribution in [0.3, 0.4) is 0 Å². The molecular formula is C9H12O5. The van der Waals surface area contributed by atoms with Crippen molar-refractivity contribution in [2.24, 2.45) is 5.92 Å². The van der Waals surface area contributed by atoms with Crippen molar-refractivity contribution in [1.29, 1.82) is 0 Å². The van der Waals surface area contributed by atoms with Gasteiger partial charge in [0.1, 0.15) is 0 Å². The van der Waals surface area contributed by atoms with E-state index in [4.69, 9.17) is 14.9 Å². The Morgan fingerprint density at radius 2 is 1.71 bits per heavy atom. The van der Waals surface area contributed by atoms with Gasteiger partial charge in [-0.2, -0.15) is 0 Å². The fraction of sp³-hybridized carbons (Fsp3) is 0.556. The first-order valence-corrected chi connectivity index (χ1v) is 4.24. The summed E-state index contributed by atoms with van der Waals surface area (Å²) in [5.41, 5.74) is -2.14. The second kappa shape index (κ2) is 3.42. The lowest BCUT2D eigenvalue weighted by Gasteiger charge is -2.34. The number of carboxylic acid groups (broad SMARTS) is 2. The lowest BCUT2D eigenvalue weighted by molar-refractivity contribution is -0.194. The lowest BCUT2D eigenvalue weighted by Crippen LogP contribution is -2.56. The van der Waals surface area contributed by atoms with E-state index in [2.05, 4.69) is 0 Å². The van der Waals surface area contributed by atoms with Crippen LogP contribution in [0.5, 0.6) is 0 Å². The van der Waals surface area contributed by atoms with Crippen LogP contribution >= 0.6 is 0 Å². The fourth-order valence-electron chi connectivity index (χ4n) is 1.48. The SMILES string of the molecule is CC1C=CC(C)C(C(=O)O)(C(=O)O)O1. The average molecular weight is 200 g/mol. The first-order chi connectivity index (χ1) is 6.41. The molecule has 0 fully saturated rings. The molecule has 1 aliphatic rings. The number of aliphatic carboxylic acids is 2. The Bertz CT molecular complexity index is 280. The summed E-state index contributed by atoms with van der Waals surface area (Å²) < 4.78 is 5.02. The molecule has 0 aromatic rings. The van der Waals surface area contributed by atoms with Crippen molar-refractivity contribution in [3.63, 3.8) is 0 Å². The van der Waals surface area contributed by atoms with E-state index < -0.39 is 29.6 Å². The molecule has 5 heteroatoms. The first-order valence-electron chi connectivity index (χ1n) is 4.24. The lowest BCUT2D eigenvalue weighted by atomic mass is 9.86. The monoisotopic (exact) mass is 200 g/mol. The van der Waals surface area contributed by atoms with Crippen LogP contribution in [0.1, 0.15) is 13.8 Å². The smallest absolute Gasteiger partial charge is 0.348 e. The van der Waals surface area contributed by atoms with Gasteiger partial charge in [-0.15, -0.1) is 0 Å². The van der Waals surface area contributed by atoms with E-state index >= 15 is 0 Å². The molecule has 1 rings (SSSR count). The quantitative estimate of drug-likeness (QED) is 0.501. The Kier molecular flexibility index (Phi) is 2.62. The van der Waals surface area contributed by atoms with Crippen LogP contribution < -0.4 is 0 Å². The molecule has 0 amide bonds. The van der Waals surface area contributed by atoms with Gasteiger partial charge in [0, 0.05) is 5.92 Å². The van der Waals surface area contributed by atoms with Gasteiger partial charge in [0.15, 0.2) is 0 Å². The third-order valence-electron chi connectivity index (χ3n) is 2.32. The molecule has 0 radical (unpaired) electrons. The van der Waals surface area contributed by atoms with Crippen molar-refractivity contribution >= 4 is 11.9 Å². The molecule has 1 heterocycles. The Morgan fingerprint density at radius 3 is 2.07 bits per heavy atom. The van der Waals surface area contributed by atoms with Gasteiger partial charge in [0.25, 0.3) is 5.60 Å². The predicted molar refractivity (Wildman–Crippen MR) is 46.9 cm³/mol. The molecular weight excluding hydrogens is 188 g/mol. The molecule has 0 saturated carbocycles. The topological polar surface area (TPSA) is 83.8 Å². The molecule has 0 saturated heterocycles. The zero-order chi connectivity index (χ0) is 10.9. The van der Waals surface area contributed by atoms with Crippen molar-refractivity contribution in [3.8, 4) is 0 Å². The van der Waals surface area contributed by atoms with Gasteiger partial charge < -0.3 is 14.9 Å². The molecule has 2 atom stereocenters. The molecule has 2 N–H and O–H groups in total. The van der Waals surface area contributed by atoms with Gasteiger partial charge in [-0.05, 0) is 6.92 Å². The van der Waals surface area contributed by atoms with Crippen LogP contribution in [0.15, 0.2) is 12.2 Å². The summed E-state index contributed by atoms with van der Waals surface area (Å²) in [7, 11) is 0. The van der Waals surface area contributed by atoms with Crippen molar-refractivity contribution < 1.29 is 24.5 Å². The molecule has 0 spiro atoms. The summed E-state index contributed by atoms with van der Waals surface area (Å²) in [6.45, 7) is 3.10. The minimum atomic E-state index is -2.14. The number of carboxylic acids is 2. The van der Waals surface area contributed by atoms with Crippen molar-refractivity contribution in [2.45, 2.75) is 25.6 Å². The molecule has 0 bridgehead atoms. The molecule has 2 unspecified atom stereocenters. The minimum absolute atomic E-state index is 0.501. The molecule has 78 valence electrons. The molecule has 0 aromatic carbocycles. The van der Waals surface area contributed by atoms with E-state index in [0.29, 0.717) is 0 Å². The van der Waals surface area contributed by atoms with Crippen LogP contribution in [0.25, 0.3) is 0 Å².